The first kappa shape index (κ1) is 20.6. The molecule has 4 rings (SSSR count). The van der Waals surface area contributed by atoms with E-state index in [1.807, 2.05) is 24.3 Å². The van der Waals surface area contributed by atoms with Crippen LogP contribution in [0.5, 0.6) is 5.75 Å². The molecule has 2 heterocycles. The zero-order valence-electron chi connectivity index (χ0n) is 17.7. The van der Waals surface area contributed by atoms with Gasteiger partial charge in [0.2, 0.25) is 0 Å². The van der Waals surface area contributed by atoms with Gasteiger partial charge in [-0.15, -0.1) is 0 Å². The standard InChI is InChI=1S/C23H25N5O3/c1-27(2)20(29)15-31-17-9-7-8-16(14-17)23(30)26-21-22(28-12-5-6-13-28)25-19-11-4-3-10-18(19)24-21/h3-4,7-11,14H,5-6,12-13,15H2,1-2H3,(H,24,26,30). The molecular weight excluding hydrogens is 394 g/mol. The van der Waals surface area contributed by atoms with Gasteiger partial charge in [0.1, 0.15) is 5.75 Å². The van der Waals surface area contributed by atoms with Gasteiger partial charge in [-0.1, -0.05) is 18.2 Å². The van der Waals surface area contributed by atoms with Gasteiger partial charge in [0.05, 0.1) is 11.0 Å². The smallest absolute Gasteiger partial charge is 0.259 e. The van der Waals surface area contributed by atoms with Crippen molar-refractivity contribution in [1.82, 2.24) is 14.9 Å². The minimum atomic E-state index is -0.311. The molecule has 0 unspecified atom stereocenters. The van der Waals surface area contributed by atoms with Crippen molar-refractivity contribution >= 4 is 34.5 Å². The van der Waals surface area contributed by atoms with E-state index in [1.165, 1.54) is 4.90 Å². The van der Waals surface area contributed by atoms with Crippen LogP contribution in [0.2, 0.25) is 0 Å². The molecule has 1 fully saturated rings. The predicted molar refractivity (Wildman–Crippen MR) is 120 cm³/mol. The molecule has 1 aliphatic rings. The van der Waals surface area contributed by atoms with Crippen molar-refractivity contribution in [2.24, 2.45) is 0 Å². The molecule has 0 atom stereocenters. The number of fused-ring (bicyclic) bond motifs is 1. The van der Waals surface area contributed by atoms with E-state index in [0.29, 0.717) is 22.9 Å². The second-order valence-electron chi connectivity index (χ2n) is 7.64. The Morgan fingerprint density at radius 3 is 2.45 bits per heavy atom. The van der Waals surface area contributed by atoms with Crippen LogP contribution in [0.15, 0.2) is 48.5 Å². The lowest BCUT2D eigenvalue weighted by Crippen LogP contribution is -2.27. The minimum Gasteiger partial charge on any atom is -0.484 e. The number of aromatic nitrogens is 2. The number of amides is 2. The Morgan fingerprint density at radius 1 is 1.03 bits per heavy atom. The summed E-state index contributed by atoms with van der Waals surface area (Å²) in [5.74, 6) is 1.12. The molecule has 1 saturated heterocycles. The van der Waals surface area contributed by atoms with Gasteiger partial charge in [-0.25, -0.2) is 9.97 Å². The Balaban J connectivity index is 1.57. The first-order valence-corrected chi connectivity index (χ1v) is 10.3. The second kappa shape index (κ2) is 8.99. The summed E-state index contributed by atoms with van der Waals surface area (Å²) in [6.45, 7) is 1.69. The Bertz CT molecular complexity index is 1110. The topological polar surface area (TPSA) is 87.7 Å². The lowest BCUT2D eigenvalue weighted by molar-refractivity contribution is -0.130. The van der Waals surface area contributed by atoms with E-state index < -0.39 is 0 Å². The molecular formula is C23H25N5O3. The van der Waals surface area contributed by atoms with Crippen molar-refractivity contribution in [3.8, 4) is 5.75 Å². The Kier molecular flexibility index (Phi) is 5.97. The van der Waals surface area contributed by atoms with Gasteiger partial charge in [0.25, 0.3) is 11.8 Å². The molecule has 0 spiro atoms. The lowest BCUT2D eigenvalue weighted by atomic mass is 10.2. The molecule has 2 aromatic carbocycles. The van der Waals surface area contributed by atoms with Crippen molar-refractivity contribution in [3.63, 3.8) is 0 Å². The summed E-state index contributed by atoms with van der Waals surface area (Å²) in [5.41, 5.74) is 1.93. The fourth-order valence-electron chi connectivity index (χ4n) is 3.41. The number of hydrogen-bond acceptors (Lipinski definition) is 6. The molecule has 1 aromatic heterocycles. The van der Waals surface area contributed by atoms with E-state index in [9.17, 15) is 9.59 Å². The molecule has 3 aromatic rings. The summed E-state index contributed by atoms with van der Waals surface area (Å²) in [5, 5.41) is 2.92. The van der Waals surface area contributed by atoms with Crippen LogP contribution in [0, 0.1) is 0 Å². The normalized spacial score (nSPS) is 13.3. The van der Waals surface area contributed by atoms with Crippen LogP contribution < -0.4 is 15.0 Å². The van der Waals surface area contributed by atoms with Gasteiger partial charge in [0.15, 0.2) is 18.2 Å². The van der Waals surface area contributed by atoms with Crippen LogP contribution in [-0.4, -0.2) is 60.5 Å². The van der Waals surface area contributed by atoms with Crippen LogP contribution in [0.25, 0.3) is 11.0 Å². The Hall–Kier alpha value is -3.68. The maximum absolute atomic E-state index is 13.0. The van der Waals surface area contributed by atoms with Gasteiger partial charge in [0, 0.05) is 32.7 Å². The summed E-state index contributed by atoms with van der Waals surface area (Å²) in [4.78, 5) is 37.8. The summed E-state index contributed by atoms with van der Waals surface area (Å²) < 4.78 is 5.53. The first-order chi connectivity index (χ1) is 15.0. The molecule has 31 heavy (non-hydrogen) atoms. The Morgan fingerprint density at radius 2 is 1.74 bits per heavy atom. The summed E-state index contributed by atoms with van der Waals surface area (Å²) in [6, 6.07) is 14.4. The third-order valence-corrected chi connectivity index (χ3v) is 5.15. The number of rotatable bonds is 6. The quantitative estimate of drug-likeness (QED) is 0.661. The molecule has 0 saturated carbocycles. The van der Waals surface area contributed by atoms with E-state index in [4.69, 9.17) is 9.72 Å². The average molecular weight is 419 g/mol. The van der Waals surface area contributed by atoms with Crippen molar-refractivity contribution in [2.45, 2.75) is 12.8 Å². The minimum absolute atomic E-state index is 0.0899. The molecule has 0 radical (unpaired) electrons. The van der Waals surface area contributed by atoms with Crippen molar-refractivity contribution < 1.29 is 14.3 Å². The van der Waals surface area contributed by atoms with Gasteiger partial charge in [-0.3, -0.25) is 9.59 Å². The van der Waals surface area contributed by atoms with E-state index in [1.54, 1.807) is 38.4 Å². The number of nitrogens with zero attached hydrogens (tertiary/aromatic N) is 4. The average Bonchev–Trinajstić information content (AvgIpc) is 3.32. The first-order valence-electron chi connectivity index (χ1n) is 10.3. The highest BCUT2D eigenvalue weighted by Crippen LogP contribution is 2.28. The fourth-order valence-corrected chi connectivity index (χ4v) is 3.41. The molecule has 160 valence electrons. The number of para-hydroxylation sites is 2. The molecule has 2 amide bonds. The van der Waals surface area contributed by atoms with Crippen LogP contribution in [0.1, 0.15) is 23.2 Å². The number of hydrogen-bond donors (Lipinski definition) is 1. The number of carbonyl (C=O) groups excluding carboxylic acids is 2. The van der Waals surface area contributed by atoms with E-state index >= 15 is 0 Å². The van der Waals surface area contributed by atoms with Crippen LogP contribution >= 0.6 is 0 Å². The van der Waals surface area contributed by atoms with Gasteiger partial charge in [-0.2, -0.15) is 0 Å². The molecule has 8 heteroatoms. The van der Waals surface area contributed by atoms with E-state index in [2.05, 4.69) is 15.2 Å². The van der Waals surface area contributed by atoms with Gasteiger partial charge >= 0.3 is 0 Å². The Labute approximate surface area is 180 Å². The van der Waals surface area contributed by atoms with E-state index in [-0.39, 0.29) is 18.4 Å². The zero-order chi connectivity index (χ0) is 21.8. The second-order valence-corrected chi connectivity index (χ2v) is 7.64. The van der Waals surface area contributed by atoms with E-state index in [0.717, 1.165) is 37.0 Å². The maximum Gasteiger partial charge on any atom is 0.259 e. The number of anilines is 2. The fraction of sp³-hybridized carbons (Fsp3) is 0.304. The SMILES string of the molecule is CN(C)C(=O)COc1cccc(C(=O)Nc2nc3ccccc3nc2N2CCCC2)c1. The number of nitrogens with one attached hydrogen (secondary N) is 1. The third-order valence-electron chi connectivity index (χ3n) is 5.15. The van der Waals surface area contributed by atoms with Crippen LogP contribution in [-0.2, 0) is 4.79 Å². The van der Waals surface area contributed by atoms with Crippen molar-refractivity contribution in [2.75, 3.05) is 44.0 Å². The summed E-state index contributed by atoms with van der Waals surface area (Å²) >= 11 is 0. The maximum atomic E-state index is 13.0. The largest absolute Gasteiger partial charge is 0.484 e. The molecule has 0 aliphatic carbocycles. The lowest BCUT2D eigenvalue weighted by Gasteiger charge is -2.20. The zero-order valence-corrected chi connectivity index (χ0v) is 17.7. The molecule has 1 aliphatic heterocycles. The number of carbonyl (C=O) groups is 2. The molecule has 0 bridgehead atoms. The predicted octanol–water partition coefficient (Wildman–Crippen LogP) is 2.95. The number of likely N-dealkylation sites (N-methyl/N-ethyl adjacent to an activating group) is 1. The van der Waals surface area contributed by atoms with Crippen molar-refractivity contribution in [3.05, 3.63) is 54.1 Å². The highest BCUT2D eigenvalue weighted by Gasteiger charge is 2.21. The highest BCUT2D eigenvalue weighted by atomic mass is 16.5. The van der Waals surface area contributed by atoms with Crippen LogP contribution in [0.4, 0.5) is 11.6 Å². The highest BCUT2D eigenvalue weighted by molar-refractivity contribution is 6.05. The van der Waals surface area contributed by atoms with Crippen LogP contribution in [0.3, 0.4) is 0 Å². The van der Waals surface area contributed by atoms with Gasteiger partial charge < -0.3 is 19.9 Å². The summed E-state index contributed by atoms with van der Waals surface area (Å²) in [6.07, 6.45) is 2.18. The molecule has 8 nitrogen and oxygen atoms in total. The van der Waals surface area contributed by atoms with Crippen molar-refractivity contribution in [1.29, 1.82) is 0 Å². The number of ether oxygens (including phenoxy) is 1. The third kappa shape index (κ3) is 4.74. The van der Waals surface area contributed by atoms with Gasteiger partial charge in [-0.05, 0) is 43.2 Å². The summed E-state index contributed by atoms with van der Waals surface area (Å²) in [7, 11) is 3.33. The number of benzene rings is 2. The molecule has 1 N–H and O–H groups in total. The monoisotopic (exact) mass is 419 g/mol.